The number of alkyl halides is 3. The Kier molecular flexibility index (Phi) is 5.44. The lowest BCUT2D eigenvalue weighted by atomic mass is 10.1. The standard InChI is InChI=1S/C20H12BrClF3N5O/c1-10-17(19(31)27-16-8-12(20(23,24)25)4-7-15(16)22)28-29-18-14(9-26-30(10)18)11-2-5-13(21)6-3-11/h2-9H,1H3,(H,27,31). The van der Waals surface area contributed by atoms with E-state index in [1.54, 1.807) is 13.1 Å². The Morgan fingerprint density at radius 2 is 1.84 bits per heavy atom. The van der Waals surface area contributed by atoms with Crippen molar-refractivity contribution < 1.29 is 18.0 Å². The molecule has 11 heteroatoms. The summed E-state index contributed by atoms with van der Waals surface area (Å²) in [5.74, 6) is -0.756. The zero-order valence-corrected chi connectivity index (χ0v) is 18.0. The Morgan fingerprint density at radius 1 is 1.13 bits per heavy atom. The van der Waals surface area contributed by atoms with E-state index in [1.165, 1.54) is 4.52 Å². The van der Waals surface area contributed by atoms with E-state index in [0.717, 1.165) is 33.8 Å². The van der Waals surface area contributed by atoms with Crippen LogP contribution in [0.4, 0.5) is 18.9 Å². The molecule has 158 valence electrons. The highest BCUT2D eigenvalue weighted by atomic mass is 79.9. The molecule has 4 rings (SSSR count). The summed E-state index contributed by atoms with van der Waals surface area (Å²) in [5.41, 5.74) is 1.18. The summed E-state index contributed by atoms with van der Waals surface area (Å²) in [7, 11) is 0. The van der Waals surface area contributed by atoms with E-state index in [2.05, 4.69) is 36.5 Å². The summed E-state index contributed by atoms with van der Waals surface area (Å²) in [4.78, 5) is 12.7. The molecule has 0 radical (unpaired) electrons. The van der Waals surface area contributed by atoms with Crippen LogP contribution >= 0.6 is 27.5 Å². The summed E-state index contributed by atoms with van der Waals surface area (Å²) < 4.78 is 41.3. The molecule has 6 nitrogen and oxygen atoms in total. The first kappa shape index (κ1) is 21.3. The summed E-state index contributed by atoms with van der Waals surface area (Å²) in [6.45, 7) is 1.61. The molecule has 1 amide bonds. The van der Waals surface area contributed by atoms with Gasteiger partial charge < -0.3 is 5.32 Å². The van der Waals surface area contributed by atoms with Gasteiger partial charge in [-0.05, 0) is 42.8 Å². The second-order valence-electron chi connectivity index (χ2n) is 6.58. The van der Waals surface area contributed by atoms with Gasteiger partial charge in [0.25, 0.3) is 5.91 Å². The highest BCUT2D eigenvalue weighted by molar-refractivity contribution is 9.10. The minimum Gasteiger partial charge on any atom is -0.319 e. The minimum atomic E-state index is -4.57. The highest BCUT2D eigenvalue weighted by Crippen LogP contribution is 2.34. The smallest absolute Gasteiger partial charge is 0.319 e. The van der Waals surface area contributed by atoms with Crippen LogP contribution in [0, 0.1) is 6.92 Å². The third-order valence-electron chi connectivity index (χ3n) is 4.56. The quantitative estimate of drug-likeness (QED) is 0.379. The molecule has 0 spiro atoms. The monoisotopic (exact) mass is 509 g/mol. The molecule has 0 unspecified atom stereocenters. The second-order valence-corrected chi connectivity index (χ2v) is 7.90. The van der Waals surface area contributed by atoms with Crippen LogP contribution < -0.4 is 5.32 Å². The van der Waals surface area contributed by atoms with Crippen molar-refractivity contribution in [3.05, 3.63) is 75.1 Å². The number of hydrogen-bond donors (Lipinski definition) is 1. The number of fused-ring (bicyclic) bond motifs is 1. The first-order valence-electron chi connectivity index (χ1n) is 8.80. The van der Waals surface area contributed by atoms with Crippen molar-refractivity contribution in [3.8, 4) is 11.1 Å². The van der Waals surface area contributed by atoms with Crippen LogP contribution in [0.15, 0.2) is 53.1 Å². The topological polar surface area (TPSA) is 72.2 Å². The Balaban J connectivity index is 1.68. The molecule has 0 saturated carbocycles. The van der Waals surface area contributed by atoms with Crippen LogP contribution in [0.2, 0.25) is 5.02 Å². The number of halogens is 5. The molecule has 0 aliphatic rings. The third-order valence-corrected chi connectivity index (χ3v) is 5.42. The molecule has 0 atom stereocenters. The van der Waals surface area contributed by atoms with Gasteiger partial charge in [0.2, 0.25) is 0 Å². The van der Waals surface area contributed by atoms with Crippen molar-refractivity contribution in [3.63, 3.8) is 0 Å². The molecule has 2 aromatic heterocycles. The normalized spacial score (nSPS) is 11.7. The largest absolute Gasteiger partial charge is 0.416 e. The van der Waals surface area contributed by atoms with Crippen molar-refractivity contribution in [2.45, 2.75) is 13.1 Å². The fraction of sp³-hybridized carbons (Fsp3) is 0.100. The summed E-state index contributed by atoms with van der Waals surface area (Å²) in [5, 5.41) is 14.7. The number of aryl methyl sites for hydroxylation is 1. The van der Waals surface area contributed by atoms with Gasteiger partial charge in [-0.2, -0.15) is 18.3 Å². The van der Waals surface area contributed by atoms with Crippen LogP contribution in [-0.2, 0) is 6.18 Å². The fourth-order valence-corrected chi connectivity index (χ4v) is 3.40. The lowest BCUT2D eigenvalue weighted by molar-refractivity contribution is -0.137. The Bertz CT molecular complexity index is 1300. The van der Waals surface area contributed by atoms with Crippen molar-refractivity contribution in [1.82, 2.24) is 19.8 Å². The van der Waals surface area contributed by atoms with E-state index in [4.69, 9.17) is 11.6 Å². The lowest BCUT2D eigenvalue weighted by Crippen LogP contribution is -2.19. The Morgan fingerprint density at radius 3 is 2.52 bits per heavy atom. The van der Waals surface area contributed by atoms with E-state index in [1.807, 2.05) is 24.3 Å². The first-order chi connectivity index (χ1) is 14.6. The number of benzene rings is 2. The van der Waals surface area contributed by atoms with Crippen molar-refractivity contribution in [1.29, 1.82) is 0 Å². The van der Waals surface area contributed by atoms with Gasteiger partial charge >= 0.3 is 6.18 Å². The van der Waals surface area contributed by atoms with E-state index < -0.39 is 17.6 Å². The van der Waals surface area contributed by atoms with Gasteiger partial charge in [0, 0.05) is 10.0 Å². The molecule has 0 bridgehead atoms. The molecule has 0 saturated heterocycles. The molecular formula is C20H12BrClF3N5O. The highest BCUT2D eigenvalue weighted by Gasteiger charge is 2.31. The van der Waals surface area contributed by atoms with Crippen molar-refractivity contribution in [2.24, 2.45) is 0 Å². The molecule has 31 heavy (non-hydrogen) atoms. The first-order valence-corrected chi connectivity index (χ1v) is 9.97. The molecule has 2 aromatic carbocycles. The lowest BCUT2D eigenvalue weighted by Gasteiger charge is -2.12. The fourth-order valence-electron chi connectivity index (χ4n) is 2.98. The average Bonchev–Trinajstić information content (AvgIpc) is 3.14. The van der Waals surface area contributed by atoms with Gasteiger partial charge in [0.15, 0.2) is 11.3 Å². The molecule has 0 aliphatic heterocycles. The van der Waals surface area contributed by atoms with Crippen LogP contribution in [0.5, 0.6) is 0 Å². The van der Waals surface area contributed by atoms with Crippen molar-refractivity contribution in [2.75, 3.05) is 5.32 Å². The van der Waals surface area contributed by atoms with Gasteiger partial charge in [-0.25, -0.2) is 4.52 Å². The summed E-state index contributed by atoms with van der Waals surface area (Å²) in [6.07, 6.45) is -2.97. The summed E-state index contributed by atoms with van der Waals surface area (Å²) in [6, 6.07) is 10.2. The zero-order chi connectivity index (χ0) is 22.3. The van der Waals surface area contributed by atoms with Gasteiger partial charge in [0.1, 0.15) is 0 Å². The maximum absolute atomic E-state index is 13.0. The molecular weight excluding hydrogens is 499 g/mol. The predicted molar refractivity (Wildman–Crippen MR) is 113 cm³/mol. The molecule has 1 N–H and O–H groups in total. The average molecular weight is 511 g/mol. The van der Waals surface area contributed by atoms with E-state index >= 15 is 0 Å². The molecule has 4 aromatic rings. The molecule has 0 aliphatic carbocycles. The SMILES string of the molecule is Cc1c(C(=O)Nc2cc(C(F)(F)F)ccc2Cl)nnc2c(-c3ccc(Br)cc3)cnn12. The predicted octanol–water partition coefficient (Wildman–Crippen LogP) is 5.79. The van der Waals surface area contributed by atoms with E-state index in [0.29, 0.717) is 11.3 Å². The maximum Gasteiger partial charge on any atom is 0.416 e. The third kappa shape index (κ3) is 4.13. The van der Waals surface area contributed by atoms with Gasteiger partial charge in [-0.1, -0.05) is 39.7 Å². The number of hydrogen-bond acceptors (Lipinski definition) is 4. The number of carbonyl (C=O) groups excluding carboxylic acids is 1. The number of aromatic nitrogens is 4. The van der Waals surface area contributed by atoms with Gasteiger partial charge in [-0.3, -0.25) is 4.79 Å². The molecule has 2 heterocycles. The number of nitrogens with one attached hydrogen (secondary N) is 1. The van der Waals surface area contributed by atoms with E-state index in [9.17, 15) is 18.0 Å². The number of rotatable bonds is 3. The second kappa shape index (κ2) is 7.93. The van der Waals surface area contributed by atoms with Crippen LogP contribution in [-0.4, -0.2) is 25.7 Å². The number of anilines is 1. The van der Waals surface area contributed by atoms with Crippen LogP contribution in [0.25, 0.3) is 16.8 Å². The van der Waals surface area contributed by atoms with Gasteiger partial charge in [-0.15, -0.1) is 10.2 Å². The number of carbonyl (C=O) groups is 1. The molecule has 0 fully saturated rings. The van der Waals surface area contributed by atoms with Crippen molar-refractivity contribution >= 4 is 44.8 Å². The van der Waals surface area contributed by atoms with E-state index in [-0.39, 0.29) is 16.4 Å². The summed E-state index contributed by atoms with van der Waals surface area (Å²) >= 11 is 9.33. The Labute approximate surface area is 187 Å². The Hall–Kier alpha value is -2.98. The number of amides is 1. The zero-order valence-electron chi connectivity index (χ0n) is 15.7. The van der Waals surface area contributed by atoms with Crippen LogP contribution in [0.3, 0.4) is 0 Å². The van der Waals surface area contributed by atoms with Gasteiger partial charge in [0.05, 0.1) is 28.2 Å². The maximum atomic E-state index is 13.0. The minimum absolute atomic E-state index is 0.0374. The number of nitrogens with zero attached hydrogens (tertiary/aromatic N) is 4. The van der Waals surface area contributed by atoms with Crippen LogP contribution in [0.1, 0.15) is 21.7 Å².